The number of quaternary nitrogens is 1. The zero-order valence-corrected chi connectivity index (χ0v) is 18.1. The number of hydrogen-bond donors (Lipinski definition) is 0. The number of esters is 1. The van der Waals surface area contributed by atoms with Gasteiger partial charge in [0.2, 0.25) is 0 Å². The van der Waals surface area contributed by atoms with Gasteiger partial charge in [-0.15, -0.1) is 0 Å². The second kappa shape index (κ2) is 8.60. The number of fused-ring (bicyclic) bond motifs is 2. The monoisotopic (exact) mass is 368 g/mol. The molecule has 2 aliphatic carbocycles. The van der Waals surface area contributed by atoms with Crippen molar-refractivity contribution in [2.45, 2.75) is 78.7 Å². The molecule has 26 heavy (non-hydrogen) atoms. The highest BCUT2D eigenvalue weighted by Gasteiger charge is 2.61. The molecular weight excluding hydrogens is 326 g/mol. The topological polar surface area (TPSA) is 35.5 Å². The van der Waals surface area contributed by atoms with E-state index in [0.29, 0.717) is 34.6 Å². The van der Waals surface area contributed by atoms with Crippen LogP contribution in [0.15, 0.2) is 0 Å². The van der Waals surface area contributed by atoms with Gasteiger partial charge in [0.15, 0.2) is 6.54 Å². The van der Waals surface area contributed by atoms with Crippen molar-refractivity contribution in [3.63, 3.8) is 0 Å². The van der Waals surface area contributed by atoms with Crippen LogP contribution in [-0.4, -0.2) is 57.0 Å². The van der Waals surface area contributed by atoms with Crippen molar-refractivity contribution < 1.29 is 18.8 Å². The molecule has 2 saturated carbocycles. The molecule has 0 unspecified atom stereocenters. The van der Waals surface area contributed by atoms with Gasteiger partial charge in [-0.3, -0.25) is 0 Å². The van der Waals surface area contributed by atoms with Crippen molar-refractivity contribution in [3.05, 3.63) is 0 Å². The molecule has 2 rings (SSSR count). The quantitative estimate of drug-likeness (QED) is 0.308. The number of likely N-dealkylation sites (N-methyl/N-ethyl adjacent to an activating group) is 1. The zero-order chi connectivity index (χ0) is 19.4. The average Bonchev–Trinajstić information content (AvgIpc) is 2.87. The summed E-state index contributed by atoms with van der Waals surface area (Å²) in [4.78, 5) is 12.1. The summed E-state index contributed by atoms with van der Waals surface area (Å²) in [6.07, 6.45) is 8.77. The lowest BCUT2D eigenvalue weighted by atomic mass is 9.70. The van der Waals surface area contributed by atoms with E-state index in [2.05, 4.69) is 41.8 Å². The molecule has 0 heterocycles. The van der Waals surface area contributed by atoms with Gasteiger partial charge in [-0.2, -0.15) is 0 Å². The smallest absolute Gasteiger partial charge is 0.361 e. The van der Waals surface area contributed by atoms with Crippen LogP contribution in [0.3, 0.4) is 0 Å². The van der Waals surface area contributed by atoms with Crippen molar-refractivity contribution in [1.29, 1.82) is 0 Å². The van der Waals surface area contributed by atoms with Gasteiger partial charge in [-0.1, -0.05) is 47.0 Å². The zero-order valence-electron chi connectivity index (χ0n) is 18.1. The molecule has 2 bridgehead atoms. The van der Waals surface area contributed by atoms with Gasteiger partial charge in [-0.05, 0) is 42.4 Å². The summed E-state index contributed by atoms with van der Waals surface area (Å²) >= 11 is 0. The van der Waals surface area contributed by atoms with Crippen LogP contribution in [0.5, 0.6) is 0 Å². The Hall–Kier alpha value is -0.610. The lowest BCUT2D eigenvalue weighted by Gasteiger charge is -2.39. The summed E-state index contributed by atoms with van der Waals surface area (Å²) in [6, 6.07) is 0. The maximum absolute atomic E-state index is 12.1. The Balaban J connectivity index is 1.68. The van der Waals surface area contributed by atoms with E-state index in [1.54, 1.807) is 0 Å². The fraction of sp³-hybridized carbons (Fsp3) is 0.955. The van der Waals surface area contributed by atoms with Gasteiger partial charge in [0, 0.05) is 0 Å². The number of hydrogen-bond acceptors (Lipinski definition) is 3. The van der Waals surface area contributed by atoms with Crippen molar-refractivity contribution in [2.75, 3.05) is 40.4 Å². The maximum atomic E-state index is 12.1. The Morgan fingerprint density at radius 3 is 2.42 bits per heavy atom. The summed E-state index contributed by atoms with van der Waals surface area (Å²) in [5.74, 6) is 0.724. The first kappa shape index (κ1) is 21.7. The van der Waals surface area contributed by atoms with Gasteiger partial charge in [0.05, 0.1) is 33.4 Å². The fourth-order valence-corrected chi connectivity index (χ4v) is 5.01. The van der Waals surface area contributed by atoms with Crippen LogP contribution in [0.2, 0.25) is 0 Å². The standard InChI is InChI=1S/C22H42NO3/c1-7-8-9-10-14-26-20(24)17-23(5,6)13-15-25-19-16-18-11-12-22(19,4)21(18,2)3/h18-19H,7-17H2,1-6H3/q+1/t18-,19-,22-/m0/s1. The maximum Gasteiger partial charge on any atom is 0.361 e. The first-order valence-electron chi connectivity index (χ1n) is 10.7. The van der Waals surface area contributed by atoms with E-state index in [-0.39, 0.29) is 5.97 Å². The van der Waals surface area contributed by atoms with Crippen LogP contribution in [0.25, 0.3) is 0 Å². The number of nitrogens with zero attached hydrogens (tertiary/aromatic N) is 1. The summed E-state index contributed by atoms with van der Waals surface area (Å²) in [5.41, 5.74) is 0.704. The minimum Gasteiger partial charge on any atom is -0.462 e. The Morgan fingerprint density at radius 2 is 1.85 bits per heavy atom. The van der Waals surface area contributed by atoms with Gasteiger partial charge >= 0.3 is 5.97 Å². The Bertz CT molecular complexity index is 474. The molecule has 4 nitrogen and oxygen atoms in total. The lowest BCUT2D eigenvalue weighted by molar-refractivity contribution is -0.883. The highest BCUT2D eigenvalue weighted by atomic mass is 16.5. The molecule has 0 aliphatic heterocycles. The van der Waals surface area contributed by atoms with Crippen LogP contribution >= 0.6 is 0 Å². The van der Waals surface area contributed by atoms with Gasteiger partial charge in [0.25, 0.3) is 0 Å². The van der Waals surface area contributed by atoms with Crippen LogP contribution in [-0.2, 0) is 14.3 Å². The Kier molecular flexibility index (Phi) is 7.17. The molecule has 0 saturated heterocycles. The predicted molar refractivity (Wildman–Crippen MR) is 106 cm³/mol. The number of carbonyl (C=O) groups is 1. The molecule has 2 aliphatic rings. The number of rotatable bonds is 11. The molecule has 2 fully saturated rings. The SMILES string of the molecule is CCCCCCOC(=O)C[N+](C)(C)CCO[C@H]1C[C@@H]2CC[C@]1(C)C2(C)C. The molecular formula is C22H42NO3+. The lowest BCUT2D eigenvalue weighted by Crippen LogP contribution is -2.47. The van der Waals surface area contributed by atoms with E-state index in [1.165, 1.54) is 32.1 Å². The second-order valence-corrected chi connectivity index (χ2v) is 10.1. The van der Waals surface area contributed by atoms with E-state index < -0.39 is 0 Å². The third-order valence-electron chi connectivity index (χ3n) is 7.55. The van der Waals surface area contributed by atoms with Crippen LogP contribution < -0.4 is 0 Å². The average molecular weight is 369 g/mol. The summed E-state index contributed by atoms with van der Waals surface area (Å²) < 4.78 is 12.4. The molecule has 0 aromatic heterocycles. The van der Waals surface area contributed by atoms with Crippen molar-refractivity contribution in [1.82, 2.24) is 0 Å². The largest absolute Gasteiger partial charge is 0.462 e. The van der Waals surface area contributed by atoms with E-state index in [4.69, 9.17) is 9.47 Å². The van der Waals surface area contributed by atoms with E-state index in [9.17, 15) is 4.79 Å². The van der Waals surface area contributed by atoms with E-state index >= 15 is 0 Å². The van der Waals surface area contributed by atoms with Crippen molar-refractivity contribution in [2.24, 2.45) is 16.7 Å². The third kappa shape index (κ3) is 4.81. The van der Waals surface area contributed by atoms with Crippen LogP contribution in [0, 0.1) is 16.7 Å². The first-order valence-corrected chi connectivity index (χ1v) is 10.7. The molecule has 0 aromatic rings. The predicted octanol–water partition coefficient (Wildman–Crippen LogP) is 4.42. The van der Waals surface area contributed by atoms with Gasteiger partial charge in [0.1, 0.15) is 6.54 Å². The fourth-order valence-electron chi connectivity index (χ4n) is 5.01. The third-order valence-corrected chi connectivity index (χ3v) is 7.55. The highest BCUT2D eigenvalue weighted by Crippen LogP contribution is 2.66. The van der Waals surface area contributed by atoms with Gasteiger partial charge in [-0.25, -0.2) is 4.79 Å². The minimum absolute atomic E-state index is 0.0838. The van der Waals surface area contributed by atoms with E-state index in [0.717, 1.165) is 31.9 Å². The van der Waals surface area contributed by atoms with Crippen LogP contribution in [0.4, 0.5) is 0 Å². The molecule has 4 heteroatoms. The number of carbonyl (C=O) groups excluding carboxylic acids is 1. The van der Waals surface area contributed by atoms with Crippen LogP contribution in [0.1, 0.15) is 72.6 Å². The Morgan fingerprint density at radius 1 is 1.12 bits per heavy atom. The molecule has 0 radical (unpaired) electrons. The molecule has 0 aromatic carbocycles. The summed E-state index contributed by atoms with van der Waals surface area (Å²) in [5, 5.41) is 0. The van der Waals surface area contributed by atoms with Crippen molar-refractivity contribution >= 4 is 5.97 Å². The molecule has 152 valence electrons. The normalized spacial score (nSPS) is 29.9. The summed E-state index contributed by atoms with van der Waals surface area (Å²) in [6.45, 7) is 12.0. The summed E-state index contributed by atoms with van der Waals surface area (Å²) in [7, 11) is 4.18. The molecule has 0 amide bonds. The molecule has 0 N–H and O–H groups in total. The number of unbranched alkanes of at least 4 members (excludes halogenated alkanes) is 3. The number of ether oxygens (including phenoxy) is 2. The second-order valence-electron chi connectivity index (χ2n) is 10.1. The van der Waals surface area contributed by atoms with Gasteiger partial charge < -0.3 is 14.0 Å². The first-order chi connectivity index (χ1) is 12.1. The highest BCUT2D eigenvalue weighted by molar-refractivity contribution is 5.70. The van der Waals surface area contributed by atoms with Crippen molar-refractivity contribution in [3.8, 4) is 0 Å². The minimum atomic E-state index is -0.0838. The molecule has 0 spiro atoms. The van der Waals surface area contributed by atoms with E-state index in [1.807, 2.05) is 0 Å². The molecule has 3 atom stereocenters. The Labute approximate surface area is 161 Å².